The van der Waals surface area contributed by atoms with Crippen LogP contribution in [0.5, 0.6) is 0 Å². The molecule has 2 unspecified atom stereocenters. The smallest absolute Gasteiger partial charge is 0.220 e. The predicted octanol–water partition coefficient (Wildman–Crippen LogP) is 1.64. The fraction of sp³-hybridized carbons (Fsp3) is 0.273. The van der Waals surface area contributed by atoms with Gasteiger partial charge in [-0.25, -0.2) is 0 Å². The van der Waals surface area contributed by atoms with Crippen LogP contribution in [0.2, 0.25) is 0 Å². The van der Waals surface area contributed by atoms with Crippen molar-refractivity contribution in [2.24, 2.45) is 5.73 Å². The molecule has 2 atom stereocenters. The van der Waals surface area contributed by atoms with Crippen LogP contribution >= 0.6 is 23.5 Å². The zero-order chi connectivity index (χ0) is 11.5. The third-order valence-electron chi connectivity index (χ3n) is 2.47. The van der Waals surface area contributed by atoms with Crippen LogP contribution in [0.3, 0.4) is 0 Å². The maximum absolute atomic E-state index is 8.99. The van der Waals surface area contributed by atoms with Crippen LogP contribution in [0.4, 0.5) is 0 Å². The second-order valence-electron chi connectivity index (χ2n) is 3.39. The van der Waals surface area contributed by atoms with E-state index in [9.17, 15) is 0 Å². The molecule has 0 aliphatic carbocycles. The molecular weight excluding hydrogens is 238 g/mol. The number of nitrogens with two attached hydrogens (primary N) is 1. The van der Waals surface area contributed by atoms with Crippen LogP contribution < -0.4 is 10.3 Å². The summed E-state index contributed by atoms with van der Waals surface area (Å²) in [5.74, 6) is 0. The molecule has 0 saturated carbocycles. The molecule has 1 aromatic rings. The second kappa shape index (κ2) is 4.81. The Labute approximate surface area is 103 Å². The van der Waals surface area contributed by atoms with Crippen molar-refractivity contribution in [2.45, 2.75) is 10.6 Å². The standard InChI is InChI=1S/C11H12N3S2/c1-15-11-10(9(13)8(7-12)16-11)14-5-3-2-4-6-14/h2-6,10-11H,13H2,1H3/q+1. The SMILES string of the molecule is CSC1SC(C#N)=C(N)C1[n+]1ccccc1. The number of hydrogen-bond acceptors (Lipinski definition) is 4. The van der Waals surface area contributed by atoms with E-state index >= 15 is 0 Å². The van der Waals surface area contributed by atoms with Gasteiger partial charge in [0.25, 0.3) is 0 Å². The maximum Gasteiger partial charge on any atom is 0.220 e. The van der Waals surface area contributed by atoms with E-state index in [0.717, 1.165) is 0 Å². The van der Waals surface area contributed by atoms with E-state index in [-0.39, 0.29) is 10.6 Å². The van der Waals surface area contributed by atoms with E-state index in [2.05, 4.69) is 10.6 Å². The number of hydrogen-bond donors (Lipinski definition) is 1. The van der Waals surface area contributed by atoms with Crippen LogP contribution in [0.25, 0.3) is 0 Å². The first-order valence-electron chi connectivity index (χ1n) is 4.83. The summed E-state index contributed by atoms with van der Waals surface area (Å²) >= 11 is 3.28. The Morgan fingerprint density at radius 3 is 2.69 bits per heavy atom. The zero-order valence-corrected chi connectivity index (χ0v) is 10.5. The molecule has 1 aliphatic heterocycles. The van der Waals surface area contributed by atoms with E-state index < -0.39 is 0 Å². The first-order chi connectivity index (χ1) is 7.77. The lowest BCUT2D eigenvalue weighted by Crippen LogP contribution is -2.44. The molecule has 16 heavy (non-hydrogen) atoms. The minimum absolute atomic E-state index is 0.0795. The topological polar surface area (TPSA) is 53.7 Å². The quantitative estimate of drug-likeness (QED) is 0.811. The molecule has 0 spiro atoms. The van der Waals surface area contributed by atoms with Gasteiger partial charge in [0.1, 0.15) is 21.3 Å². The Kier molecular flexibility index (Phi) is 3.42. The summed E-state index contributed by atoms with van der Waals surface area (Å²) in [4.78, 5) is 0.653. The molecule has 0 bridgehead atoms. The Morgan fingerprint density at radius 2 is 2.12 bits per heavy atom. The molecule has 3 nitrogen and oxygen atoms in total. The minimum Gasteiger partial charge on any atom is -0.395 e. The van der Waals surface area contributed by atoms with Gasteiger partial charge in [-0.05, 0) is 6.26 Å². The Balaban J connectivity index is 2.39. The van der Waals surface area contributed by atoms with Gasteiger partial charge in [0.2, 0.25) is 6.04 Å². The summed E-state index contributed by atoms with van der Waals surface area (Å²) in [6.45, 7) is 0. The summed E-state index contributed by atoms with van der Waals surface area (Å²) in [5.41, 5.74) is 6.72. The molecule has 1 aliphatic rings. The number of nitriles is 1. The van der Waals surface area contributed by atoms with Crippen molar-refractivity contribution in [1.82, 2.24) is 0 Å². The van der Waals surface area contributed by atoms with Gasteiger partial charge in [-0.1, -0.05) is 17.8 Å². The number of nitrogens with zero attached hydrogens (tertiary/aromatic N) is 2. The fourth-order valence-electron chi connectivity index (χ4n) is 1.70. The fourth-order valence-corrected chi connectivity index (χ4v) is 3.87. The average Bonchev–Trinajstić information content (AvgIpc) is 2.66. The van der Waals surface area contributed by atoms with Crippen molar-refractivity contribution in [3.05, 3.63) is 41.2 Å². The van der Waals surface area contributed by atoms with Crippen LogP contribution in [0.15, 0.2) is 41.2 Å². The lowest BCUT2D eigenvalue weighted by molar-refractivity contribution is -0.711. The molecule has 2 heterocycles. The van der Waals surface area contributed by atoms with Crippen LogP contribution in [-0.2, 0) is 0 Å². The van der Waals surface area contributed by atoms with Gasteiger partial charge in [-0.15, -0.1) is 11.8 Å². The number of allylic oxidation sites excluding steroid dienone is 2. The van der Waals surface area contributed by atoms with E-state index in [0.29, 0.717) is 10.6 Å². The van der Waals surface area contributed by atoms with Gasteiger partial charge in [-0.3, -0.25) is 0 Å². The van der Waals surface area contributed by atoms with Gasteiger partial charge < -0.3 is 5.73 Å². The lowest BCUT2D eigenvalue weighted by Gasteiger charge is -2.12. The summed E-state index contributed by atoms with van der Waals surface area (Å²) in [7, 11) is 0. The highest BCUT2D eigenvalue weighted by atomic mass is 32.2. The second-order valence-corrected chi connectivity index (χ2v) is 5.82. The number of aromatic nitrogens is 1. The maximum atomic E-state index is 8.99. The Morgan fingerprint density at radius 1 is 1.44 bits per heavy atom. The van der Waals surface area contributed by atoms with E-state index in [1.54, 1.807) is 23.5 Å². The third-order valence-corrected chi connectivity index (χ3v) is 5.11. The zero-order valence-electron chi connectivity index (χ0n) is 8.83. The molecule has 0 fully saturated rings. The molecule has 2 rings (SSSR count). The highest BCUT2D eigenvalue weighted by Gasteiger charge is 2.40. The van der Waals surface area contributed by atoms with Crippen molar-refractivity contribution < 1.29 is 4.57 Å². The normalized spacial score (nSPS) is 24.5. The number of pyridine rings is 1. The molecule has 0 amide bonds. The molecule has 0 saturated heterocycles. The highest BCUT2D eigenvalue weighted by molar-refractivity contribution is 8.19. The first-order valence-corrected chi connectivity index (χ1v) is 6.99. The van der Waals surface area contributed by atoms with Gasteiger partial charge in [0.15, 0.2) is 12.4 Å². The van der Waals surface area contributed by atoms with Gasteiger partial charge in [0.05, 0.1) is 0 Å². The summed E-state index contributed by atoms with van der Waals surface area (Å²) in [6, 6.07) is 8.16. The van der Waals surface area contributed by atoms with E-state index in [1.807, 2.05) is 36.8 Å². The van der Waals surface area contributed by atoms with Crippen LogP contribution in [-0.4, -0.2) is 10.8 Å². The van der Waals surface area contributed by atoms with Crippen molar-refractivity contribution >= 4 is 23.5 Å². The van der Waals surface area contributed by atoms with Crippen molar-refractivity contribution in [3.63, 3.8) is 0 Å². The van der Waals surface area contributed by atoms with Crippen molar-refractivity contribution in [3.8, 4) is 6.07 Å². The summed E-state index contributed by atoms with van der Waals surface area (Å²) < 4.78 is 2.34. The molecule has 2 N–H and O–H groups in total. The summed E-state index contributed by atoms with van der Waals surface area (Å²) in [6.07, 6.45) is 6.02. The monoisotopic (exact) mass is 250 g/mol. The van der Waals surface area contributed by atoms with Crippen molar-refractivity contribution in [2.75, 3.05) is 6.26 Å². The Hall–Kier alpha value is -1.12. The average molecular weight is 250 g/mol. The largest absolute Gasteiger partial charge is 0.395 e. The van der Waals surface area contributed by atoms with Gasteiger partial charge >= 0.3 is 0 Å². The third kappa shape index (κ3) is 1.91. The minimum atomic E-state index is 0.0795. The van der Waals surface area contributed by atoms with Crippen LogP contribution in [0.1, 0.15) is 6.04 Å². The molecular formula is C11H12N3S2+. The number of rotatable bonds is 2. The molecule has 82 valence electrons. The van der Waals surface area contributed by atoms with Gasteiger partial charge in [0, 0.05) is 12.1 Å². The molecule has 0 radical (unpaired) electrons. The molecule has 5 heteroatoms. The van der Waals surface area contributed by atoms with Gasteiger partial charge in [-0.2, -0.15) is 9.83 Å². The predicted molar refractivity (Wildman–Crippen MR) is 67.4 cm³/mol. The van der Waals surface area contributed by atoms with E-state index in [1.165, 1.54) is 0 Å². The summed E-state index contributed by atoms with van der Waals surface area (Å²) in [5, 5.41) is 8.99. The molecule has 0 aromatic carbocycles. The first kappa shape index (κ1) is 11.4. The molecule has 1 aromatic heterocycles. The number of thioether (sulfide) groups is 2. The Bertz CT molecular complexity index is 450. The lowest BCUT2D eigenvalue weighted by atomic mass is 10.2. The van der Waals surface area contributed by atoms with Crippen molar-refractivity contribution in [1.29, 1.82) is 5.26 Å². The highest BCUT2D eigenvalue weighted by Crippen LogP contribution is 2.44. The van der Waals surface area contributed by atoms with E-state index in [4.69, 9.17) is 11.0 Å². The van der Waals surface area contributed by atoms with Crippen LogP contribution in [0, 0.1) is 11.3 Å².